The molecule has 0 unspecified atom stereocenters. The van der Waals surface area contributed by atoms with Crippen LogP contribution in [0.4, 0.5) is 11.4 Å². The summed E-state index contributed by atoms with van der Waals surface area (Å²) in [6.07, 6.45) is 25.0. The smallest absolute Gasteiger partial charge is 0.288 e. The van der Waals surface area contributed by atoms with E-state index in [0.717, 1.165) is 11.1 Å². The summed E-state index contributed by atoms with van der Waals surface area (Å²) in [6.45, 7) is 0. The number of anilines is 2. The molecule has 294 valence electrons. The third-order valence-electron chi connectivity index (χ3n) is 8.89. The number of amides is 4. The number of nitrogens with zero attached hydrogens (tertiary/aromatic N) is 2. The molecule has 0 fully saturated rings. The standard InChI is InChI=1S/C46H34N8O6/c55-39-17-9-7-15-33(39)25-37(51-43(57)31-11-3-1-4-12-31)45(59)53-47-27-35-23-21-29-19-20-30-22-24-36(50-42(30)41(29)49-35)28-48-54-46(60)38(26-34-16-8-10-18-40(34)56)52-44(58)32-13-5-2-6-14-32/h1-28,47-50H,(H,53,59)(H,54,60). The Morgan fingerprint density at radius 1 is 0.483 bits per heavy atom. The van der Waals surface area contributed by atoms with Crippen molar-refractivity contribution in [3.8, 4) is 0 Å². The third-order valence-corrected chi connectivity index (χ3v) is 8.89. The van der Waals surface area contributed by atoms with Crippen molar-refractivity contribution in [3.05, 3.63) is 203 Å². The van der Waals surface area contributed by atoms with E-state index in [-0.39, 0.29) is 45.3 Å². The SMILES string of the molecule is O=C1C=CC=CC1=CC(=NC(=O)c1ccccc1)C(=O)NNC=C1C=Cc2ccc3c(c2N1)NC(=CNNC(=O)C(C=C1C=CC=CC1=O)=NC(=O)c1ccccc1)C=C3. The molecule has 3 aromatic carbocycles. The van der Waals surface area contributed by atoms with Crippen LogP contribution < -0.4 is 32.3 Å². The van der Waals surface area contributed by atoms with Crippen molar-refractivity contribution in [2.24, 2.45) is 9.98 Å². The predicted octanol–water partition coefficient (Wildman–Crippen LogP) is 5.29. The molecule has 0 bridgehead atoms. The van der Waals surface area contributed by atoms with Crippen molar-refractivity contribution in [2.45, 2.75) is 0 Å². The number of hydrogen-bond donors (Lipinski definition) is 6. The van der Waals surface area contributed by atoms with E-state index in [4.69, 9.17) is 0 Å². The van der Waals surface area contributed by atoms with Gasteiger partial charge in [-0.3, -0.25) is 39.6 Å². The molecule has 6 N–H and O–H groups in total. The molecule has 2 heterocycles. The number of hydrazine groups is 2. The van der Waals surface area contributed by atoms with Gasteiger partial charge in [-0.1, -0.05) is 97.1 Å². The first kappa shape index (κ1) is 39.5. The topological polar surface area (TPSA) is 199 Å². The van der Waals surface area contributed by atoms with Gasteiger partial charge < -0.3 is 21.5 Å². The summed E-state index contributed by atoms with van der Waals surface area (Å²) in [6, 6.07) is 20.4. The van der Waals surface area contributed by atoms with Crippen molar-refractivity contribution >= 4 is 70.1 Å². The van der Waals surface area contributed by atoms with Crippen LogP contribution in [0.5, 0.6) is 0 Å². The van der Waals surface area contributed by atoms with E-state index >= 15 is 0 Å². The fraction of sp³-hybridized carbons (Fsp3) is 0. The number of carbonyl (C=O) groups excluding carboxylic acids is 6. The van der Waals surface area contributed by atoms with Crippen LogP contribution in [-0.2, 0) is 19.2 Å². The highest BCUT2D eigenvalue weighted by atomic mass is 16.2. The monoisotopic (exact) mass is 794 g/mol. The van der Waals surface area contributed by atoms with Crippen LogP contribution in [0.1, 0.15) is 31.8 Å². The molecule has 14 heteroatoms. The maximum atomic E-state index is 13.3. The summed E-state index contributed by atoms with van der Waals surface area (Å²) >= 11 is 0. The van der Waals surface area contributed by atoms with E-state index in [1.54, 1.807) is 97.1 Å². The van der Waals surface area contributed by atoms with Gasteiger partial charge in [-0.05, 0) is 60.7 Å². The van der Waals surface area contributed by atoms with Crippen molar-refractivity contribution in [1.82, 2.24) is 21.7 Å². The van der Waals surface area contributed by atoms with Gasteiger partial charge in [0.15, 0.2) is 11.6 Å². The zero-order chi connectivity index (χ0) is 41.8. The molecule has 3 aromatic rings. The highest BCUT2D eigenvalue weighted by Gasteiger charge is 2.20. The van der Waals surface area contributed by atoms with Gasteiger partial charge in [-0.15, -0.1) is 0 Å². The summed E-state index contributed by atoms with van der Waals surface area (Å²) in [7, 11) is 0. The quantitative estimate of drug-likeness (QED) is 0.0890. The van der Waals surface area contributed by atoms with Crippen LogP contribution in [0.15, 0.2) is 191 Å². The average molecular weight is 795 g/mol. The highest BCUT2D eigenvalue weighted by Crippen LogP contribution is 2.38. The van der Waals surface area contributed by atoms with Gasteiger partial charge in [0.1, 0.15) is 11.4 Å². The zero-order valence-corrected chi connectivity index (χ0v) is 31.5. The molecular formula is C46H34N8O6. The van der Waals surface area contributed by atoms with Crippen LogP contribution in [0.3, 0.4) is 0 Å². The first-order chi connectivity index (χ1) is 29.2. The number of aliphatic imine (C=N–C) groups is 2. The van der Waals surface area contributed by atoms with Crippen LogP contribution in [-0.4, -0.2) is 46.6 Å². The number of rotatable bonds is 10. The average Bonchev–Trinajstić information content (AvgIpc) is 3.27. The molecule has 0 spiro atoms. The molecule has 60 heavy (non-hydrogen) atoms. The molecule has 14 nitrogen and oxygen atoms in total. The summed E-state index contributed by atoms with van der Waals surface area (Å²) < 4.78 is 0. The van der Waals surface area contributed by atoms with Gasteiger partial charge in [0.05, 0.1) is 22.8 Å². The Balaban J connectivity index is 1.02. The summed E-state index contributed by atoms with van der Waals surface area (Å²) in [5.74, 6) is -3.50. The molecule has 7 rings (SSSR count). The predicted molar refractivity (Wildman–Crippen MR) is 230 cm³/mol. The summed E-state index contributed by atoms with van der Waals surface area (Å²) in [5, 5.41) is 6.67. The molecule has 0 aromatic heterocycles. The Morgan fingerprint density at radius 3 is 1.28 bits per heavy atom. The lowest BCUT2D eigenvalue weighted by atomic mass is 9.99. The second kappa shape index (κ2) is 18.4. The molecule has 2 aliphatic heterocycles. The summed E-state index contributed by atoms with van der Waals surface area (Å²) in [4.78, 5) is 85.3. The van der Waals surface area contributed by atoms with E-state index in [2.05, 4.69) is 42.3 Å². The molecule has 4 amide bonds. The van der Waals surface area contributed by atoms with Crippen LogP contribution >= 0.6 is 0 Å². The largest absolute Gasteiger partial charge is 0.352 e. The van der Waals surface area contributed by atoms with E-state index in [9.17, 15) is 28.8 Å². The summed E-state index contributed by atoms with van der Waals surface area (Å²) in [5.41, 5.74) is 15.1. The van der Waals surface area contributed by atoms with Gasteiger partial charge in [-0.25, -0.2) is 9.98 Å². The number of allylic oxidation sites excluding steroid dienone is 12. The normalized spacial score (nSPS) is 17.9. The Hall–Kier alpha value is -8.78. The Bertz CT molecular complexity index is 2510. The van der Waals surface area contributed by atoms with Gasteiger partial charge in [0, 0.05) is 45.8 Å². The number of ketones is 2. The first-order valence-corrected chi connectivity index (χ1v) is 18.4. The first-order valence-electron chi connectivity index (χ1n) is 18.4. The second-order valence-electron chi connectivity index (χ2n) is 13.0. The van der Waals surface area contributed by atoms with Crippen molar-refractivity contribution in [2.75, 3.05) is 10.6 Å². The van der Waals surface area contributed by atoms with Crippen LogP contribution in [0, 0.1) is 0 Å². The number of nitrogens with one attached hydrogen (secondary N) is 6. The molecule has 2 aliphatic carbocycles. The van der Waals surface area contributed by atoms with Gasteiger partial charge >= 0.3 is 0 Å². The number of benzene rings is 3. The molecule has 0 saturated carbocycles. The van der Waals surface area contributed by atoms with Crippen molar-refractivity contribution < 1.29 is 28.8 Å². The van der Waals surface area contributed by atoms with Gasteiger partial charge in [0.25, 0.3) is 23.6 Å². The fourth-order valence-electron chi connectivity index (χ4n) is 5.87. The molecule has 0 saturated heterocycles. The fourth-order valence-corrected chi connectivity index (χ4v) is 5.87. The van der Waals surface area contributed by atoms with Crippen LogP contribution in [0.25, 0.3) is 12.2 Å². The lowest BCUT2D eigenvalue weighted by Gasteiger charge is -2.25. The lowest BCUT2D eigenvalue weighted by Crippen LogP contribution is -2.39. The van der Waals surface area contributed by atoms with E-state index < -0.39 is 23.6 Å². The number of hydrogen-bond acceptors (Lipinski definition) is 10. The Labute approximate surface area is 343 Å². The number of fused-ring (bicyclic) bond motifs is 3. The van der Waals surface area contributed by atoms with Gasteiger partial charge in [0.2, 0.25) is 0 Å². The minimum atomic E-state index is -0.757. The molecule has 0 radical (unpaired) electrons. The maximum absolute atomic E-state index is 13.3. The maximum Gasteiger partial charge on any atom is 0.288 e. The van der Waals surface area contributed by atoms with E-state index in [1.807, 2.05) is 24.3 Å². The zero-order valence-electron chi connectivity index (χ0n) is 31.5. The number of carbonyl (C=O) groups is 6. The minimum absolute atomic E-state index is 0.186. The van der Waals surface area contributed by atoms with Crippen molar-refractivity contribution in [1.29, 1.82) is 0 Å². The minimum Gasteiger partial charge on any atom is -0.352 e. The van der Waals surface area contributed by atoms with Crippen molar-refractivity contribution in [3.63, 3.8) is 0 Å². The Kier molecular flexibility index (Phi) is 12.1. The highest BCUT2D eigenvalue weighted by molar-refractivity contribution is 6.46. The third kappa shape index (κ3) is 9.77. The van der Waals surface area contributed by atoms with Crippen LogP contribution in [0.2, 0.25) is 0 Å². The lowest BCUT2D eigenvalue weighted by molar-refractivity contribution is -0.116. The molecule has 0 atom stereocenters. The molecular weight excluding hydrogens is 761 g/mol. The second-order valence-corrected chi connectivity index (χ2v) is 13.0. The Morgan fingerprint density at radius 2 is 0.883 bits per heavy atom. The van der Waals surface area contributed by atoms with E-state index in [1.165, 1.54) is 48.9 Å². The van der Waals surface area contributed by atoms with Gasteiger partial charge in [-0.2, -0.15) is 0 Å². The molecule has 4 aliphatic rings. The van der Waals surface area contributed by atoms with E-state index in [0.29, 0.717) is 22.8 Å².